The Balaban J connectivity index is 1.98. The van der Waals surface area contributed by atoms with Crippen LogP contribution in [-0.4, -0.2) is 6.54 Å². The molecular weight excluding hydrogens is 214 g/mol. The molecule has 2 aliphatic rings. The van der Waals surface area contributed by atoms with Gasteiger partial charge in [-0.05, 0) is 49.1 Å². The van der Waals surface area contributed by atoms with Crippen molar-refractivity contribution in [1.82, 2.24) is 0 Å². The maximum absolute atomic E-state index is 6.04. The lowest BCUT2D eigenvalue weighted by molar-refractivity contribution is 0.509. The zero-order valence-corrected chi connectivity index (χ0v) is 11.1. The van der Waals surface area contributed by atoms with Gasteiger partial charge in [0.05, 0.1) is 0 Å². The summed E-state index contributed by atoms with van der Waals surface area (Å²) < 4.78 is 0. The molecule has 1 fully saturated rings. The highest BCUT2D eigenvalue weighted by Gasteiger charge is 2.61. The van der Waals surface area contributed by atoms with Crippen molar-refractivity contribution in [2.24, 2.45) is 11.1 Å². The van der Waals surface area contributed by atoms with Crippen molar-refractivity contribution in [3.05, 3.63) is 21.4 Å². The van der Waals surface area contributed by atoms with Crippen molar-refractivity contribution in [3.8, 4) is 0 Å². The Bertz CT molecular complexity index is 395. The summed E-state index contributed by atoms with van der Waals surface area (Å²) in [6, 6.07) is 2.47. The summed E-state index contributed by atoms with van der Waals surface area (Å²) in [7, 11) is 0. The molecule has 0 amide bonds. The molecule has 2 heteroatoms. The number of thiophene rings is 1. The van der Waals surface area contributed by atoms with Gasteiger partial charge in [0.2, 0.25) is 0 Å². The van der Waals surface area contributed by atoms with E-state index < -0.39 is 0 Å². The van der Waals surface area contributed by atoms with Gasteiger partial charge in [0.15, 0.2) is 0 Å². The lowest BCUT2D eigenvalue weighted by Crippen LogP contribution is -2.24. The SMILES string of the molecule is CC1(C)CC1(CN)c1cc2c(s1)CCCC2. The molecule has 0 spiro atoms. The molecule has 1 nitrogen and oxygen atoms in total. The van der Waals surface area contributed by atoms with E-state index in [0.29, 0.717) is 10.8 Å². The van der Waals surface area contributed by atoms with E-state index >= 15 is 0 Å². The van der Waals surface area contributed by atoms with Crippen molar-refractivity contribution in [3.63, 3.8) is 0 Å². The quantitative estimate of drug-likeness (QED) is 0.836. The van der Waals surface area contributed by atoms with Crippen LogP contribution in [0.5, 0.6) is 0 Å². The molecule has 2 N–H and O–H groups in total. The van der Waals surface area contributed by atoms with Gasteiger partial charge in [0.25, 0.3) is 0 Å². The highest BCUT2D eigenvalue weighted by molar-refractivity contribution is 7.12. The van der Waals surface area contributed by atoms with E-state index in [1.54, 1.807) is 15.3 Å². The average Bonchev–Trinajstić information content (AvgIpc) is 2.67. The van der Waals surface area contributed by atoms with Crippen LogP contribution in [0.4, 0.5) is 0 Å². The number of rotatable bonds is 2. The number of aryl methyl sites for hydroxylation is 2. The first-order valence-corrected chi connectivity index (χ1v) is 7.23. The first-order chi connectivity index (χ1) is 7.59. The second-order valence-corrected chi connectivity index (χ2v) is 7.25. The Labute approximate surface area is 102 Å². The molecule has 1 aromatic rings. The summed E-state index contributed by atoms with van der Waals surface area (Å²) in [5.74, 6) is 0. The van der Waals surface area contributed by atoms with Gasteiger partial charge in [-0.3, -0.25) is 0 Å². The molecule has 1 atom stereocenters. The summed E-state index contributed by atoms with van der Waals surface area (Å²) in [6.45, 7) is 5.54. The molecule has 0 bridgehead atoms. The van der Waals surface area contributed by atoms with Crippen molar-refractivity contribution < 1.29 is 0 Å². The van der Waals surface area contributed by atoms with Crippen molar-refractivity contribution in [1.29, 1.82) is 0 Å². The number of fused-ring (bicyclic) bond motifs is 1. The van der Waals surface area contributed by atoms with E-state index in [1.807, 2.05) is 0 Å². The van der Waals surface area contributed by atoms with Crippen LogP contribution in [0, 0.1) is 5.41 Å². The Hall–Kier alpha value is -0.340. The van der Waals surface area contributed by atoms with E-state index in [4.69, 9.17) is 5.73 Å². The monoisotopic (exact) mass is 235 g/mol. The molecule has 2 aliphatic carbocycles. The Kier molecular flexibility index (Phi) is 2.25. The predicted octanol–water partition coefficient (Wildman–Crippen LogP) is 3.25. The van der Waals surface area contributed by atoms with Crippen LogP contribution in [0.3, 0.4) is 0 Å². The fourth-order valence-corrected chi connectivity index (χ4v) is 4.94. The lowest BCUT2D eigenvalue weighted by Gasteiger charge is -2.16. The van der Waals surface area contributed by atoms with E-state index in [-0.39, 0.29) is 0 Å². The zero-order valence-electron chi connectivity index (χ0n) is 10.3. The summed E-state index contributed by atoms with van der Waals surface area (Å²) in [5.41, 5.74) is 8.41. The minimum Gasteiger partial charge on any atom is -0.330 e. The molecule has 16 heavy (non-hydrogen) atoms. The zero-order chi connectivity index (χ0) is 11.4. The van der Waals surface area contributed by atoms with Gasteiger partial charge in [-0.1, -0.05) is 13.8 Å². The van der Waals surface area contributed by atoms with Crippen molar-refractivity contribution in [2.45, 2.75) is 51.4 Å². The van der Waals surface area contributed by atoms with Crippen LogP contribution in [0.25, 0.3) is 0 Å². The first-order valence-electron chi connectivity index (χ1n) is 6.41. The number of hydrogen-bond donors (Lipinski definition) is 1. The van der Waals surface area contributed by atoms with E-state index in [1.165, 1.54) is 32.1 Å². The Morgan fingerprint density at radius 2 is 2.00 bits per heavy atom. The Morgan fingerprint density at radius 3 is 2.56 bits per heavy atom. The van der Waals surface area contributed by atoms with E-state index in [0.717, 1.165) is 6.54 Å². The maximum Gasteiger partial charge on any atom is 0.0226 e. The molecular formula is C14H21NS. The summed E-state index contributed by atoms with van der Waals surface area (Å²) >= 11 is 2.05. The van der Waals surface area contributed by atoms with Crippen LogP contribution in [0.15, 0.2) is 6.07 Å². The van der Waals surface area contributed by atoms with Gasteiger partial charge in [0.1, 0.15) is 0 Å². The van der Waals surface area contributed by atoms with Gasteiger partial charge < -0.3 is 5.73 Å². The largest absolute Gasteiger partial charge is 0.330 e. The normalized spacial score (nSPS) is 31.2. The van der Waals surface area contributed by atoms with Crippen LogP contribution >= 0.6 is 11.3 Å². The van der Waals surface area contributed by atoms with Crippen LogP contribution in [0.1, 0.15) is 48.4 Å². The minimum atomic E-state index is 0.314. The van der Waals surface area contributed by atoms with Gasteiger partial charge in [-0.15, -0.1) is 11.3 Å². The fraction of sp³-hybridized carbons (Fsp3) is 0.714. The molecule has 3 rings (SSSR count). The standard InChI is InChI=1S/C14H21NS/c1-13(2)8-14(13,9-15)12-7-10-5-3-4-6-11(10)16-12/h7H,3-6,8-9,15H2,1-2H3. The van der Waals surface area contributed by atoms with Gasteiger partial charge in [-0.25, -0.2) is 0 Å². The fourth-order valence-electron chi connectivity index (χ4n) is 3.31. The third-order valence-corrected chi connectivity index (χ3v) is 6.17. The van der Waals surface area contributed by atoms with Crippen LogP contribution in [0.2, 0.25) is 0 Å². The van der Waals surface area contributed by atoms with Gasteiger partial charge in [-0.2, -0.15) is 0 Å². The summed E-state index contributed by atoms with van der Waals surface area (Å²) in [6.07, 6.45) is 6.64. The molecule has 1 aromatic heterocycles. The van der Waals surface area contributed by atoms with Crippen LogP contribution < -0.4 is 5.73 Å². The molecule has 88 valence electrons. The molecule has 1 unspecified atom stereocenters. The average molecular weight is 235 g/mol. The highest BCUT2D eigenvalue weighted by atomic mass is 32.1. The molecule has 1 heterocycles. The third-order valence-electron chi connectivity index (χ3n) is 4.73. The third kappa shape index (κ3) is 1.32. The smallest absolute Gasteiger partial charge is 0.0226 e. The van der Waals surface area contributed by atoms with Gasteiger partial charge >= 0.3 is 0 Å². The predicted molar refractivity (Wildman–Crippen MR) is 70.1 cm³/mol. The maximum atomic E-state index is 6.04. The first kappa shape index (κ1) is 10.8. The second-order valence-electron chi connectivity index (χ2n) is 6.11. The summed E-state index contributed by atoms with van der Waals surface area (Å²) in [5, 5.41) is 0. The van der Waals surface area contributed by atoms with Gasteiger partial charge in [0, 0.05) is 21.7 Å². The lowest BCUT2D eigenvalue weighted by atomic mass is 9.92. The topological polar surface area (TPSA) is 26.0 Å². The molecule has 0 aliphatic heterocycles. The van der Waals surface area contributed by atoms with Crippen molar-refractivity contribution in [2.75, 3.05) is 6.54 Å². The number of hydrogen-bond acceptors (Lipinski definition) is 2. The molecule has 0 aromatic carbocycles. The molecule has 0 saturated heterocycles. The van der Waals surface area contributed by atoms with Crippen LogP contribution in [-0.2, 0) is 18.3 Å². The highest BCUT2D eigenvalue weighted by Crippen LogP contribution is 2.65. The number of nitrogens with two attached hydrogens (primary N) is 1. The van der Waals surface area contributed by atoms with E-state index in [2.05, 4.69) is 31.3 Å². The summed E-state index contributed by atoms with van der Waals surface area (Å²) in [4.78, 5) is 3.23. The van der Waals surface area contributed by atoms with Crippen molar-refractivity contribution >= 4 is 11.3 Å². The second kappa shape index (κ2) is 3.33. The molecule has 0 radical (unpaired) electrons. The minimum absolute atomic E-state index is 0.314. The molecule has 1 saturated carbocycles. The Morgan fingerprint density at radius 1 is 1.31 bits per heavy atom. The van der Waals surface area contributed by atoms with E-state index in [9.17, 15) is 0 Å².